The third-order valence-electron chi connectivity index (χ3n) is 5.36. The van der Waals surface area contributed by atoms with E-state index in [4.69, 9.17) is 5.73 Å². The average Bonchev–Trinajstić information content (AvgIpc) is 2.49. The number of rotatable bonds is 5. The Morgan fingerprint density at radius 2 is 2.15 bits per heavy atom. The standard InChI is InChI=1S/C17H29N3/c1-14-7-9-17(13-18,12-15(14)2)20(3)11-8-16-6-4-5-10-19-16/h4-6,10,14-15H,7-9,11-13,18H2,1-3H3. The summed E-state index contributed by atoms with van der Waals surface area (Å²) in [6.07, 6.45) is 6.63. The molecule has 0 saturated heterocycles. The molecule has 2 N–H and O–H groups in total. The smallest absolute Gasteiger partial charge is 0.0416 e. The first kappa shape index (κ1) is 15.5. The van der Waals surface area contributed by atoms with E-state index >= 15 is 0 Å². The van der Waals surface area contributed by atoms with Crippen molar-refractivity contribution in [3.8, 4) is 0 Å². The maximum Gasteiger partial charge on any atom is 0.0416 e. The number of nitrogens with two attached hydrogens (primary N) is 1. The maximum atomic E-state index is 6.16. The molecule has 112 valence electrons. The summed E-state index contributed by atoms with van der Waals surface area (Å²) >= 11 is 0. The van der Waals surface area contributed by atoms with Crippen molar-refractivity contribution >= 4 is 0 Å². The number of hydrogen-bond donors (Lipinski definition) is 1. The fourth-order valence-corrected chi connectivity index (χ4v) is 3.44. The van der Waals surface area contributed by atoms with E-state index in [-0.39, 0.29) is 5.54 Å². The Morgan fingerprint density at radius 3 is 2.75 bits per heavy atom. The molecule has 1 aromatic rings. The molecule has 1 aliphatic carbocycles. The van der Waals surface area contributed by atoms with Gasteiger partial charge in [-0.25, -0.2) is 0 Å². The molecule has 0 spiro atoms. The fraction of sp³-hybridized carbons (Fsp3) is 0.706. The molecule has 3 heteroatoms. The summed E-state index contributed by atoms with van der Waals surface area (Å²) in [5.41, 5.74) is 7.52. The van der Waals surface area contributed by atoms with Crippen LogP contribution in [0.4, 0.5) is 0 Å². The van der Waals surface area contributed by atoms with E-state index in [0.29, 0.717) is 0 Å². The van der Waals surface area contributed by atoms with Gasteiger partial charge in [-0.3, -0.25) is 9.88 Å². The first-order chi connectivity index (χ1) is 9.57. The highest BCUT2D eigenvalue weighted by Crippen LogP contribution is 2.38. The first-order valence-corrected chi connectivity index (χ1v) is 7.88. The predicted octanol–water partition coefficient (Wildman–Crippen LogP) is 2.71. The second-order valence-corrected chi connectivity index (χ2v) is 6.62. The van der Waals surface area contributed by atoms with Gasteiger partial charge in [0.15, 0.2) is 0 Å². The van der Waals surface area contributed by atoms with Gasteiger partial charge in [-0.15, -0.1) is 0 Å². The van der Waals surface area contributed by atoms with Gasteiger partial charge < -0.3 is 5.73 Å². The minimum atomic E-state index is 0.195. The lowest BCUT2D eigenvalue weighted by Gasteiger charge is -2.48. The highest BCUT2D eigenvalue weighted by atomic mass is 15.2. The van der Waals surface area contributed by atoms with Crippen LogP contribution >= 0.6 is 0 Å². The van der Waals surface area contributed by atoms with Gasteiger partial charge in [0, 0.05) is 36.9 Å². The van der Waals surface area contributed by atoms with Crippen molar-refractivity contribution < 1.29 is 0 Å². The molecule has 20 heavy (non-hydrogen) atoms. The van der Waals surface area contributed by atoms with Crippen LogP contribution in [0.5, 0.6) is 0 Å². The minimum absolute atomic E-state index is 0.195. The molecule has 1 fully saturated rings. The summed E-state index contributed by atoms with van der Waals surface area (Å²) in [4.78, 5) is 6.90. The summed E-state index contributed by atoms with van der Waals surface area (Å²) in [5, 5.41) is 0. The quantitative estimate of drug-likeness (QED) is 0.898. The number of aromatic nitrogens is 1. The molecular weight excluding hydrogens is 246 g/mol. The number of hydrogen-bond acceptors (Lipinski definition) is 3. The molecular formula is C17H29N3. The Labute approximate surface area is 123 Å². The number of likely N-dealkylation sites (N-methyl/N-ethyl adjacent to an activating group) is 1. The SMILES string of the molecule is CC1CCC(CN)(N(C)CCc2ccccn2)CC1C. The zero-order valence-electron chi connectivity index (χ0n) is 13.2. The Kier molecular flexibility index (Phi) is 5.17. The van der Waals surface area contributed by atoms with Crippen LogP contribution in [0.2, 0.25) is 0 Å². The van der Waals surface area contributed by atoms with Crippen molar-refractivity contribution in [3.05, 3.63) is 30.1 Å². The summed E-state index contributed by atoms with van der Waals surface area (Å²) in [7, 11) is 2.23. The molecule has 0 radical (unpaired) electrons. The van der Waals surface area contributed by atoms with Crippen molar-refractivity contribution in [1.29, 1.82) is 0 Å². The largest absolute Gasteiger partial charge is 0.329 e. The zero-order chi connectivity index (χ0) is 14.6. The van der Waals surface area contributed by atoms with E-state index < -0.39 is 0 Å². The Balaban J connectivity index is 1.97. The van der Waals surface area contributed by atoms with Crippen LogP contribution in [-0.4, -0.2) is 35.6 Å². The maximum absolute atomic E-state index is 6.16. The second kappa shape index (κ2) is 6.68. The van der Waals surface area contributed by atoms with E-state index in [1.165, 1.54) is 25.0 Å². The van der Waals surface area contributed by atoms with E-state index in [0.717, 1.165) is 31.3 Å². The molecule has 1 saturated carbocycles. The van der Waals surface area contributed by atoms with E-state index in [9.17, 15) is 0 Å². The highest BCUT2D eigenvalue weighted by Gasteiger charge is 2.39. The highest BCUT2D eigenvalue weighted by molar-refractivity contribution is 5.05. The van der Waals surface area contributed by atoms with E-state index in [2.05, 4.69) is 42.9 Å². The van der Waals surface area contributed by atoms with Gasteiger partial charge in [-0.2, -0.15) is 0 Å². The Hall–Kier alpha value is -0.930. The molecule has 0 aliphatic heterocycles. The minimum Gasteiger partial charge on any atom is -0.329 e. The van der Waals surface area contributed by atoms with Crippen LogP contribution in [0.25, 0.3) is 0 Å². The van der Waals surface area contributed by atoms with E-state index in [1.807, 2.05) is 12.3 Å². The molecule has 0 aromatic carbocycles. The summed E-state index contributed by atoms with van der Waals surface area (Å²) in [6, 6.07) is 6.14. The van der Waals surface area contributed by atoms with E-state index in [1.54, 1.807) is 0 Å². The van der Waals surface area contributed by atoms with Gasteiger partial charge in [0.1, 0.15) is 0 Å². The number of nitrogens with zero attached hydrogens (tertiary/aromatic N) is 2. The predicted molar refractivity (Wildman–Crippen MR) is 84.5 cm³/mol. The average molecular weight is 275 g/mol. The number of pyridine rings is 1. The molecule has 2 rings (SSSR count). The molecule has 3 nitrogen and oxygen atoms in total. The molecule has 1 aromatic heterocycles. The molecule has 1 heterocycles. The normalized spacial score (nSPS) is 30.6. The van der Waals surface area contributed by atoms with Crippen LogP contribution in [-0.2, 0) is 6.42 Å². The molecule has 3 atom stereocenters. The molecule has 0 bridgehead atoms. The third kappa shape index (κ3) is 3.39. The Morgan fingerprint density at radius 1 is 1.35 bits per heavy atom. The molecule has 1 aliphatic rings. The molecule has 0 amide bonds. The fourth-order valence-electron chi connectivity index (χ4n) is 3.44. The molecule has 3 unspecified atom stereocenters. The summed E-state index contributed by atoms with van der Waals surface area (Å²) in [5.74, 6) is 1.60. The lowest BCUT2D eigenvalue weighted by atomic mass is 9.70. The van der Waals surface area contributed by atoms with Gasteiger partial charge in [-0.1, -0.05) is 19.9 Å². The second-order valence-electron chi connectivity index (χ2n) is 6.62. The van der Waals surface area contributed by atoms with Crippen LogP contribution in [0.3, 0.4) is 0 Å². The van der Waals surface area contributed by atoms with Crippen molar-refractivity contribution in [1.82, 2.24) is 9.88 Å². The Bertz CT molecular complexity index is 406. The summed E-state index contributed by atoms with van der Waals surface area (Å²) < 4.78 is 0. The third-order valence-corrected chi connectivity index (χ3v) is 5.36. The van der Waals surface area contributed by atoms with Gasteiger partial charge in [0.25, 0.3) is 0 Å². The first-order valence-electron chi connectivity index (χ1n) is 7.88. The lowest BCUT2D eigenvalue weighted by Crippen LogP contribution is -2.56. The van der Waals surface area contributed by atoms with Gasteiger partial charge in [0.05, 0.1) is 0 Å². The zero-order valence-corrected chi connectivity index (χ0v) is 13.2. The van der Waals surface area contributed by atoms with Crippen molar-refractivity contribution in [2.45, 2.75) is 45.1 Å². The monoisotopic (exact) mass is 275 g/mol. The lowest BCUT2D eigenvalue weighted by molar-refractivity contribution is 0.0410. The van der Waals surface area contributed by atoms with Gasteiger partial charge in [0.2, 0.25) is 0 Å². The van der Waals surface area contributed by atoms with Gasteiger partial charge >= 0.3 is 0 Å². The van der Waals surface area contributed by atoms with Crippen LogP contribution in [0.1, 0.15) is 38.8 Å². The topological polar surface area (TPSA) is 42.1 Å². The summed E-state index contributed by atoms with van der Waals surface area (Å²) in [6.45, 7) is 6.55. The van der Waals surface area contributed by atoms with Gasteiger partial charge in [-0.05, 0) is 50.3 Å². The van der Waals surface area contributed by atoms with Crippen molar-refractivity contribution in [2.24, 2.45) is 17.6 Å². The van der Waals surface area contributed by atoms with Crippen LogP contribution < -0.4 is 5.73 Å². The van der Waals surface area contributed by atoms with Crippen LogP contribution in [0, 0.1) is 11.8 Å². The van der Waals surface area contributed by atoms with Crippen molar-refractivity contribution in [2.75, 3.05) is 20.1 Å². The van der Waals surface area contributed by atoms with Crippen molar-refractivity contribution in [3.63, 3.8) is 0 Å². The van der Waals surface area contributed by atoms with Crippen LogP contribution in [0.15, 0.2) is 24.4 Å².